The maximum absolute atomic E-state index is 13.2. The summed E-state index contributed by atoms with van der Waals surface area (Å²) in [6, 6.07) is 0.397. The van der Waals surface area contributed by atoms with Gasteiger partial charge in [0.25, 0.3) is 0 Å². The predicted octanol–water partition coefficient (Wildman–Crippen LogP) is 1.99. The van der Waals surface area contributed by atoms with Gasteiger partial charge in [0, 0.05) is 30.9 Å². The maximum atomic E-state index is 13.2. The Labute approximate surface area is 133 Å². The van der Waals surface area contributed by atoms with Crippen molar-refractivity contribution in [1.82, 2.24) is 10.2 Å². The SMILES string of the molecule is COCCN(C(=O)C(C)(C)C1CCCNC1)C1CCSC1. The van der Waals surface area contributed by atoms with Gasteiger partial charge >= 0.3 is 0 Å². The van der Waals surface area contributed by atoms with Crippen LogP contribution in [0, 0.1) is 11.3 Å². The van der Waals surface area contributed by atoms with Crippen molar-refractivity contribution in [2.24, 2.45) is 11.3 Å². The predicted molar refractivity (Wildman–Crippen MR) is 88.7 cm³/mol. The van der Waals surface area contributed by atoms with Crippen LogP contribution in [0.15, 0.2) is 0 Å². The second-order valence-corrected chi connectivity index (χ2v) is 7.92. The van der Waals surface area contributed by atoms with Crippen LogP contribution >= 0.6 is 11.8 Å². The van der Waals surface area contributed by atoms with Crippen LogP contribution in [-0.2, 0) is 9.53 Å². The normalized spacial score (nSPS) is 26.8. The van der Waals surface area contributed by atoms with E-state index in [9.17, 15) is 4.79 Å². The molecule has 122 valence electrons. The molecule has 4 nitrogen and oxygen atoms in total. The van der Waals surface area contributed by atoms with Crippen molar-refractivity contribution in [2.75, 3.05) is 44.9 Å². The summed E-state index contributed by atoms with van der Waals surface area (Å²) in [5.41, 5.74) is -0.283. The van der Waals surface area contributed by atoms with Gasteiger partial charge < -0.3 is 15.0 Å². The van der Waals surface area contributed by atoms with Crippen LogP contribution in [0.1, 0.15) is 33.1 Å². The molecule has 0 spiro atoms. The Morgan fingerprint density at radius 1 is 1.43 bits per heavy atom. The van der Waals surface area contributed by atoms with E-state index in [2.05, 4.69) is 24.1 Å². The Hall–Kier alpha value is -0.260. The first kappa shape index (κ1) is 17.1. The lowest BCUT2D eigenvalue weighted by atomic mass is 9.73. The van der Waals surface area contributed by atoms with E-state index in [1.165, 1.54) is 12.2 Å². The third-order valence-corrected chi connectivity index (χ3v) is 6.16. The van der Waals surface area contributed by atoms with E-state index in [1.807, 2.05) is 11.8 Å². The third kappa shape index (κ3) is 4.14. The first-order chi connectivity index (χ1) is 10.1. The Morgan fingerprint density at radius 2 is 2.24 bits per heavy atom. The van der Waals surface area contributed by atoms with Crippen molar-refractivity contribution in [2.45, 2.75) is 39.2 Å². The lowest BCUT2D eigenvalue weighted by molar-refractivity contribution is -0.146. The molecule has 2 saturated heterocycles. The van der Waals surface area contributed by atoms with Gasteiger partial charge in [0.2, 0.25) is 5.91 Å². The Bertz CT molecular complexity index is 337. The largest absolute Gasteiger partial charge is 0.383 e. The molecule has 2 atom stereocenters. The summed E-state index contributed by atoms with van der Waals surface area (Å²) in [6.07, 6.45) is 3.46. The number of hydrogen-bond donors (Lipinski definition) is 1. The van der Waals surface area contributed by atoms with Crippen LogP contribution in [0.5, 0.6) is 0 Å². The Balaban J connectivity index is 2.07. The highest BCUT2D eigenvalue weighted by atomic mass is 32.2. The van der Waals surface area contributed by atoms with Crippen molar-refractivity contribution in [3.63, 3.8) is 0 Å². The molecule has 2 heterocycles. The van der Waals surface area contributed by atoms with Crippen molar-refractivity contribution in [1.29, 1.82) is 0 Å². The fraction of sp³-hybridized carbons (Fsp3) is 0.938. The van der Waals surface area contributed by atoms with Gasteiger partial charge in [-0.2, -0.15) is 11.8 Å². The summed E-state index contributed by atoms with van der Waals surface area (Å²) >= 11 is 1.96. The number of rotatable bonds is 6. The molecular weight excluding hydrogens is 284 g/mol. The zero-order valence-electron chi connectivity index (χ0n) is 13.7. The van der Waals surface area contributed by atoms with Gasteiger partial charge in [-0.05, 0) is 44.0 Å². The Morgan fingerprint density at radius 3 is 2.81 bits per heavy atom. The monoisotopic (exact) mass is 314 g/mol. The molecule has 0 aromatic carbocycles. The van der Waals surface area contributed by atoms with Gasteiger partial charge in [-0.1, -0.05) is 13.8 Å². The van der Waals surface area contributed by atoms with Crippen LogP contribution in [0.4, 0.5) is 0 Å². The van der Waals surface area contributed by atoms with Gasteiger partial charge in [0.05, 0.1) is 6.61 Å². The summed E-state index contributed by atoms with van der Waals surface area (Å²) in [4.78, 5) is 15.3. The number of amides is 1. The number of hydrogen-bond acceptors (Lipinski definition) is 4. The summed E-state index contributed by atoms with van der Waals surface area (Å²) in [6.45, 7) is 7.68. The molecule has 0 aromatic heterocycles. The third-order valence-electron chi connectivity index (χ3n) is 5.01. The molecule has 2 aliphatic heterocycles. The minimum absolute atomic E-state index is 0.283. The summed E-state index contributed by atoms with van der Waals surface area (Å²) in [5, 5.41) is 3.45. The van der Waals surface area contributed by atoms with Crippen LogP contribution in [0.2, 0.25) is 0 Å². The topological polar surface area (TPSA) is 41.6 Å². The molecule has 2 fully saturated rings. The van der Waals surface area contributed by atoms with Crippen molar-refractivity contribution >= 4 is 17.7 Å². The maximum Gasteiger partial charge on any atom is 0.228 e. The van der Waals surface area contributed by atoms with Crippen LogP contribution in [0.25, 0.3) is 0 Å². The summed E-state index contributed by atoms with van der Waals surface area (Å²) < 4.78 is 5.23. The van der Waals surface area contributed by atoms with Gasteiger partial charge in [-0.15, -0.1) is 0 Å². The standard InChI is InChI=1S/C16H30N2O2S/c1-16(2,13-5-4-7-17-11-13)15(19)18(8-9-20-3)14-6-10-21-12-14/h13-14,17H,4-12H2,1-3H3. The molecule has 0 aromatic rings. The first-order valence-electron chi connectivity index (χ1n) is 8.16. The van der Waals surface area contributed by atoms with E-state index in [4.69, 9.17) is 4.74 Å². The fourth-order valence-corrected chi connectivity index (χ4v) is 4.64. The van der Waals surface area contributed by atoms with Crippen molar-refractivity contribution < 1.29 is 9.53 Å². The lowest BCUT2D eigenvalue weighted by Crippen LogP contribution is -2.52. The molecule has 0 aliphatic carbocycles. The summed E-state index contributed by atoms with van der Waals surface area (Å²) in [7, 11) is 1.71. The number of nitrogens with zero attached hydrogens (tertiary/aromatic N) is 1. The molecule has 0 saturated carbocycles. The van der Waals surface area contributed by atoms with Gasteiger partial charge in [-0.3, -0.25) is 4.79 Å². The molecule has 1 amide bonds. The second kappa shape index (κ2) is 7.84. The fourth-order valence-electron chi connectivity index (χ4n) is 3.42. The lowest BCUT2D eigenvalue weighted by Gasteiger charge is -2.41. The van der Waals surface area contributed by atoms with Crippen molar-refractivity contribution in [3.05, 3.63) is 0 Å². The van der Waals surface area contributed by atoms with E-state index in [0.717, 1.165) is 38.2 Å². The highest BCUT2D eigenvalue weighted by molar-refractivity contribution is 7.99. The Kier molecular flexibility index (Phi) is 6.38. The molecule has 2 unspecified atom stereocenters. The van der Waals surface area contributed by atoms with E-state index in [-0.39, 0.29) is 5.41 Å². The van der Waals surface area contributed by atoms with Crippen LogP contribution in [-0.4, -0.2) is 61.7 Å². The molecule has 0 radical (unpaired) electrons. The molecule has 5 heteroatoms. The molecule has 2 aliphatic rings. The zero-order valence-corrected chi connectivity index (χ0v) is 14.5. The molecule has 2 rings (SSSR count). The van der Waals surface area contributed by atoms with E-state index < -0.39 is 0 Å². The van der Waals surface area contributed by atoms with E-state index in [0.29, 0.717) is 24.5 Å². The second-order valence-electron chi connectivity index (χ2n) is 6.77. The first-order valence-corrected chi connectivity index (χ1v) is 9.31. The summed E-state index contributed by atoms with van der Waals surface area (Å²) in [5.74, 6) is 3.01. The molecule has 1 N–H and O–H groups in total. The number of ether oxygens (including phenoxy) is 1. The highest BCUT2D eigenvalue weighted by Crippen LogP contribution is 2.35. The van der Waals surface area contributed by atoms with Crippen LogP contribution < -0.4 is 5.32 Å². The van der Waals surface area contributed by atoms with Gasteiger partial charge in [-0.25, -0.2) is 0 Å². The van der Waals surface area contributed by atoms with Crippen molar-refractivity contribution in [3.8, 4) is 0 Å². The number of methoxy groups -OCH3 is 1. The zero-order chi connectivity index (χ0) is 15.3. The minimum atomic E-state index is -0.283. The molecule has 21 heavy (non-hydrogen) atoms. The van der Waals surface area contributed by atoms with E-state index in [1.54, 1.807) is 7.11 Å². The number of piperidine rings is 1. The number of carbonyl (C=O) groups is 1. The number of carbonyl (C=O) groups excluding carboxylic acids is 1. The highest BCUT2D eigenvalue weighted by Gasteiger charge is 2.42. The van der Waals surface area contributed by atoms with E-state index >= 15 is 0 Å². The quantitative estimate of drug-likeness (QED) is 0.814. The van der Waals surface area contributed by atoms with Gasteiger partial charge in [0.15, 0.2) is 0 Å². The van der Waals surface area contributed by atoms with Gasteiger partial charge in [0.1, 0.15) is 0 Å². The molecular formula is C16H30N2O2S. The number of thioether (sulfide) groups is 1. The molecule has 0 bridgehead atoms. The minimum Gasteiger partial charge on any atom is -0.383 e. The smallest absolute Gasteiger partial charge is 0.228 e. The van der Waals surface area contributed by atoms with Crippen LogP contribution in [0.3, 0.4) is 0 Å². The average Bonchev–Trinajstić information content (AvgIpc) is 3.02. The number of nitrogens with one attached hydrogen (secondary N) is 1. The average molecular weight is 314 g/mol.